The summed E-state index contributed by atoms with van der Waals surface area (Å²) in [5.74, 6) is 1.90. The van der Waals surface area contributed by atoms with Gasteiger partial charge in [0.15, 0.2) is 28.6 Å². The van der Waals surface area contributed by atoms with Gasteiger partial charge in [-0.2, -0.15) is 0 Å². The number of carbonyl (C=O) groups is 1. The SMILES string of the molecule is COc1ccccc1OC(C)c1nnc(SCC(=O)Nc2ccc(Cl)c(Cl)c2)n1C(C)C. The summed E-state index contributed by atoms with van der Waals surface area (Å²) >= 11 is 13.2. The maximum Gasteiger partial charge on any atom is 0.234 e. The number of hydrogen-bond donors (Lipinski definition) is 1. The summed E-state index contributed by atoms with van der Waals surface area (Å²) in [6.45, 7) is 5.96. The number of nitrogens with zero attached hydrogens (tertiary/aromatic N) is 3. The Labute approximate surface area is 201 Å². The van der Waals surface area contributed by atoms with Crippen LogP contribution in [0, 0.1) is 0 Å². The highest BCUT2D eigenvalue weighted by atomic mass is 35.5. The van der Waals surface area contributed by atoms with Crippen LogP contribution in [0.5, 0.6) is 11.5 Å². The Bertz CT molecular complexity index is 1090. The summed E-state index contributed by atoms with van der Waals surface area (Å²) in [4.78, 5) is 12.4. The molecule has 0 saturated heterocycles. The van der Waals surface area contributed by atoms with Crippen LogP contribution in [-0.2, 0) is 4.79 Å². The van der Waals surface area contributed by atoms with E-state index in [1.807, 2.05) is 49.6 Å². The molecule has 3 rings (SSSR count). The molecule has 0 aliphatic rings. The van der Waals surface area contributed by atoms with E-state index >= 15 is 0 Å². The molecule has 0 spiro atoms. The molecule has 2 aromatic carbocycles. The van der Waals surface area contributed by atoms with Crippen LogP contribution >= 0.6 is 35.0 Å². The van der Waals surface area contributed by atoms with Gasteiger partial charge in [0.2, 0.25) is 5.91 Å². The molecule has 10 heteroatoms. The van der Waals surface area contributed by atoms with Crippen LogP contribution in [-0.4, -0.2) is 33.5 Å². The molecule has 0 aliphatic carbocycles. The molecule has 1 heterocycles. The zero-order valence-electron chi connectivity index (χ0n) is 18.1. The fourth-order valence-corrected chi connectivity index (χ4v) is 4.18. The van der Waals surface area contributed by atoms with Crippen molar-refractivity contribution in [2.24, 2.45) is 0 Å². The quantitative estimate of drug-likeness (QED) is 0.365. The number of benzene rings is 2. The molecule has 170 valence electrons. The molecule has 0 fully saturated rings. The molecule has 1 aromatic heterocycles. The lowest BCUT2D eigenvalue weighted by Crippen LogP contribution is -2.16. The smallest absolute Gasteiger partial charge is 0.234 e. The molecule has 0 radical (unpaired) electrons. The van der Waals surface area contributed by atoms with E-state index in [-0.39, 0.29) is 23.8 Å². The van der Waals surface area contributed by atoms with Crippen molar-refractivity contribution in [3.8, 4) is 11.5 Å². The van der Waals surface area contributed by atoms with E-state index in [1.165, 1.54) is 11.8 Å². The summed E-state index contributed by atoms with van der Waals surface area (Å²) in [6, 6.07) is 12.5. The number of aromatic nitrogens is 3. The predicted octanol–water partition coefficient (Wildman–Crippen LogP) is 6.05. The zero-order valence-corrected chi connectivity index (χ0v) is 20.5. The van der Waals surface area contributed by atoms with Crippen molar-refractivity contribution in [3.63, 3.8) is 0 Å². The van der Waals surface area contributed by atoms with Crippen molar-refractivity contribution >= 4 is 46.6 Å². The Morgan fingerprint density at radius 1 is 1.09 bits per heavy atom. The van der Waals surface area contributed by atoms with Gasteiger partial charge in [0, 0.05) is 11.7 Å². The van der Waals surface area contributed by atoms with E-state index < -0.39 is 0 Å². The van der Waals surface area contributed by atoms with E-state index in [1.54, 1.807) is 25.3 Å². The van der Waals surface area contributed by atoms with Gasteiger partial charge in [-0.1, -0.05) is 47.1 Å². The fraction of sp³-hybridized carbons (Fsp3) is 0.318. The minimum atomic E-state index is -0.374. The number of para-hydroxylation sites is 2. The predicted molar refractivity (Wildman–Crippen MR) is 128 cm³/mol. The van der Waals surface area contributed by atoms with Crippen LogP contribution in [0.15, 0.2) is 47.6 Å². The first-order chi connectivity index (χ1) is 15.3. The van der Waals surface area contributed by atoms with Gasteiger partial charge in [0.05, 0.1) is 22.9 Å². The van der Waals surface area contributed by atoms with Gasteiger partial charge in [-0.3, -0.25) is 4.79 Å². The molecule has 0 bridgehead atoms. The maximum absolute atomic E-state index is 12.4. The second-order valence-electron chi connectivity index (χ2n) is 7.18. The first-order valence-electron chi connectivity index (χ1n) is 9.92. The highest BCUT2D eigenvalue weighted by Crippen LogP contribution is 2.32. The fourth-order valence-electron chi connectivity index (χ4n) is 3.01. The second-order valence-corrected chi connectivity index (χ2v) is 8.94. The normalized spacial score (nSPS) is 12.0. The number of anilines is 1. The van der Waals surface area contributed by atoms with Crippen molar-refractivity contribution < 1.29 is 14.3 Å². The number of amides is 1. The van der Waals surface area contributed by atoms with E-state index in [4.69, 9.17) is 32.7 Å². The van der Waals surface area contributed by atoms with E-state index in [0.717, 1.165) is 0 Å². The summed E-state index contributed by atoms with van der Waals surface area (Å²) in [5, 5.41) is 12.9. The molecular formula is C22H24Cl2N4O3S. The standard InChI is InChI=1S/C22H24Cl2N4O3S/c1-13(2)28-21(14(3)31-19-8-6-5-7-18(19)30-4)26-27-22(28)32-12-20(29)25-15-9-10-16(23)17(24)11-15/h5-11,13-14H,12H2,1-4H3,(H,25,29). The van der Waals surface area contributed by atoms with E-state index in [0.29, 0.717) is 38.2 Å². The largest absolute Gasteiger partial charge is 0.493 e. The van der Waals surface area contributed by atoms with E-state index in [2.05, 4.69) is 15.5 Å². The number of methoxy groups -OCH3 is 1. The molecule has 7 nitrogen and oxygen atoms in total. The van der Waals surface area contributed by atoms with Gasteiger partial charge < -0.3 is 19.4 Å². The van der Waals surface area contributed by atoms with Crippen LogP contribution in [0.3, 0.4) is 0 Å². The Balaban J connectivity index is 1.70. The zero-order chi connectivity index (χ0) is 23.3. The minimum absolute atomic E-state index is 0.0735. The molecule has 1 amide bonds. The number of ether oxygens (including phenoxy) is 2. The molecule has 1 unspecified atom stereocenters. The van der Waals surface area contributed by atoms with Gasteiger partial charge in [-0.05, 0) is 51.1 Å². The first kappa shape index (κ1) is 24.2. The summed E-state index contributed by atoms with van der Waals surface area (Å²) in [6.07, 6.45) is -0.374. The van der Waals surface area contributed by atoms with Crippen LogP contribution in [0.25, 0.3) is 0 Å². The third kappa shape index (κ3) is 5.88. The van der Waals surface area contributed by atoms with Gasteiger partial charge in [0.25, 0.3) is 0 Å². The summed E-state index contributed by atoms with van der Waals surface area (Å²) in [7, 11) is 1.60. The Morgan fingerprint density at radius 3 is 2.47 bits per heavy atom. The number of thioether (sulfide) groups is 1. The molecular weight excluding hydrogens is 471 g/mol. The topological polar surface area (TPSA) is 78.3 Å². The molecule has 32 heavy (non-hydrogen) atoms. The lowest BCUT2D eigenvalue weighted by atomic mass is 10.3. The van der Waals surface area contributed by atoms with Gasteiger partial charge in [-0.15, -0.1) is 10.2 Å². The van der Waals surface area contributed by atoms with Crippen LogP contribution in [0.4, 0.5) is 5.69 Å². The van der Waals surface area contributed by atoms with Crippen molar-refractivity contribution in [2.45, 2.75) is 38.1 Å². The number of rotatable bonds is 9. The lowest BCUT2D eigenvalue weighted by Gasteiger charge is -2.19. The maximum atomic E-state index is 12.4. The first-order valence-corrected chi connectivity index (χ1v) is 11.7. The van der Waals surface area contributed by atoms with E-state index in [9.17, 15) is 4.79 Å². The average Bonchev–Trinajstić information content (AvgIpc) is 3.20. The molecule has 3 aromatic rings. The van der Waals surface area contributed by atoms with Gasteiger partial charge >= 0.3 is 0 Å². The Kier molecular flexibility index (Phi) is 8.28. The second kappa shape index (κ2) is 10.9. The number of hydrogen-bond acceptors (Lipinski definition) is 6. The number of halogens is 2. The van der Waals surface area contributed by atoms with Crippen molar-refractivity contribution in [1.29, 1.82) is 0 Å². The van der Waals surface area contributed by atoms with Crippen molar-refractivity contribution in [3.05, 3.63) is 58.3 Å². The van der Waals surface area contributed by atoms with Gasteiger partial charge in [0.1, 0.15) is 0 Å². The van der Waals surface area contributed by atoms with Crippen molar-refractivity contribution in [2.75, 3.05) is 18.2 Å². The third-order valence-electron chi connectivity index (χ3n) is 4.48. The van der Waals surface area contributed by atoms with Crippen LogP contribution < -0.4 is 14.8 Å². The molecule has 1 N–H and O–H groups in total. The number of nitrogens with one attached hydrogen (secondary N) is 1. The number of carbonyl (C=O) groups excluding carboxylic acids is 1. The Morgan fingerprint density at radius 2 is 1.81 bits per heavy atom. The third-order valence-corrected chi connectivity index (χ3v) is 6.16. The molecule has 1 atom stereocenters. The van der Waals surface area contributed by atoms with Crippen LogP contribution in [0.1, 0.15) is 38.7 Å². The minimum Gasteiger partial charge on any atom is -0.493 e. The van der Waals surface area contributed by atoms with Gasteiger partial charge in [-0.25, -0.2) is 0 Å². The molecule has 0 aliphatic heterocycles. The highest BCUT2D eigenvalue weighted by molar-refractivity contribution is 7.99. The lowest BCUT2D eigenvalue weighted by molar-refractivity contribution is -0.113. The average molecular weight is 495 g/mol. The van der Waals surface area contributed by atoms with Crippen molar-refractivity contribution in [1.82, 2.24) is 14.8 Å². The monoisotopic (exact) mass is 494 g/mol. The highest BCUT2D eigenvalue weighted by Gasteiger charge is 2.23. The Hall–Kier alpha value is -2.42. The molecule has 0 saturated carbocycles. The summed E-state index contributed by atoms with van der Waals surface area (Å²) in [5.41, 5.74) is 0.579. The van der Waals surface area contributed by atoms with Crippen LogP contribution in [0.2, 0.25) is 10.0 Å². The summed E-state index contributed by atoms with van der Waals surface area (Å²) < 4.78 is 13.4.